The lowest BCUT2D eigenvalue weighted by molar-refractivity contribution is 0.0961. The Labute approximate surface area is 237 Å². The highest BCUT2D eigenvalue weighted by Crippen LogP contribution is 2.32. The van der Waals surface area contributed by atoms with Crippen molar-refractivity contribution in [2.75, 3.05) is 11.9 Å². The van der Waals surface area contributed by atoms with Crippen molar-refractivity contribution in [1.29, 1.82) is 0 Å². The fraction of sp³-hybridized carbons (Fsp3) is 0.290. The molecule has 40 heavy (non-hydrogen) atoms. The minimum absolute atomic E-state index is 0.0106. The molecule has 0 aliphatic heterocycles. The zero-order chi connectivity index (χ0) is 27.5. The summed E-state index contributed by atoms with van der Waals surface area (Å²) in [5.41, 5.74) is 3.00. The predicted octanol–water partition coefficient (Wildman–Crippen LogP) is 6.38. The number of nitrogens with zero attached hydrogens (tertiary/aromatic N) is 6. The molecule has 1 aliphatic carbocycles. The number of thiophene rings is 1. The molecule has 6 rings (SSSR count). The minimum atomic E-state index is 0.0106. The maximum atomic E-state index is 13.8. The summed E-state index contributed by atoms with van der Waals surface area (Å²) in [7, 11) is 2.21. The van der Waals surface area contributed by atoms with E-state index in [2.05, 4.69) is 52.5 Å². The number of hydrogen-bond acceptors (Lipinski definition) is 7. The smallest absolute Gasteiger partial charge is 0.269 e. The van der Waals surface area contributed by atoms with Crippen LogP contribution in [0, 0.1) is 6.92 Å². The van der Waals surface area contributed by atoms with Crippen LogP contribution in [-0.2, 0) is 6.54 Å². The average molecular weight is 553 g/mol. The summed E-state index contributed by atoms with van der Waals surface area (Å²) < 4.78 is 7.41. The molecule has 0 saturated heterocycles. The molecule has 1 saturated carbocycles. The number of aromatic nitrogens is 4. The third kappa shape index (κ3) is 5.61. The van der Waals surface area contributed by atoms with E-state index in [0.29, 0.717) is 23.6 Å². The van der Waals surface area contributed by atoms with Gasteiger partial charge >= 0.3 is 0 Å². The van der Waals surface area contributed by atoms with E-state index in [9.17, 15) is 4.79 Å². The van der Waals surface area contributed by atoms with E-state index in [1.54, 1.807) is 11.6 Å². The SMILES string of the molecule is Cc1nnc(-c2cccc(-n3ccc(N(C(=O)c4cccs4)[C@H]4CC[C@H](N(C)Cc5ccccc5)CC4)n3)c2)o1. The van der Waals surface area contributed by atoms with Gasteiger partial charge in [0.05, 0.1) is 10.6 Å². The predicted molar refractivity (Wildman–Crippen MR) is 157 cm³/mol. The molecule has 0 unspecified atom stereocenters. The molecule has 3 aromatic heterocycles. The highest BCUT2D eigenvalue weighted by Gasteiger charge is 2.33. The maximum Gasteiger partial charge on any atom is 0.269 e. The van der Waals surface area contributed by atoms with Crippen LogP contribution in [0.1, 0.15) is 46.8 Å². The van der Waals surface area contributed by atoms with Crippen LogP contribution in [0.2, 0.25) is 0 Å². The molecule has 1 aliphatic rings. The zero-order valence-electron chi connectivity index (χ0n) is 22.7. The van der Waals surface area contributed by atoms with Gasteiger partial charge in [-0.25, -0.2) is 4.68 Å². The second kappa shape index (κ2) is 11.6. The summed E-state index contributed by atoms with van der Waals surface area (Å²) in [5.74, 6) is 1.66. The first kappa shape index (κ1) is 26.2. The van der Waals surface area contributed by atoms with Crippen LogP contribution in [0.4, 0.5) is 5.82 Å². The standard InChI is InChI=1S/C31H32N6O2S/c1-22-32-33-30(39-22)24-10-6-11-27(20-24)36-18-17-29(34-36)37(31(38)28-12-7-19-40-28)26-15-13-25(14-16-26)35(2)21-23-8-4-3-5-9-23/h3-12,17-20,25-26H,13-16,21H2,1-2H3/t25-,26-. The molecule has 5 aromatic rings. The summed E-state index contributed by atoms with van der Waals surface area (Å²) >= 11 is 1.47. The summed E-state index contributed by atoms with van der Waals surface area (Å²) in [5, 5.41) is 14.9. The van der Waals surface area contributed by atoms with Crippen molar-refractivity contribution in [3.63, 3.8) is 0 Å². The normalized spacial score (nSPS) is 17.3. The average Bonchev–Trinajstić information content (AvgIpc) is 3.77. The number of anilines is 1. The van der Waals surface area contributed by atoms with E-state index < -0.39 is 0 Å². The van der Waals surface area contributed by atoms with Gasteiger partial charge in [0.2, 0.25) is 11.8 Å². The van der Waals surface area contributed by atoms with Gasteiger partial charge in [0.1, 0.15) is 0 Å². The Bertz CT molecular complexity index is 1550. The monoisotopic (exact) mass is 552 g/mol. The Kier molecular flexibility index (Phi) is 7.57. The Hall–Kier alpha value is -4.08. The first-order chi connectivity index (χ1) is 19.5. The van der Waals surface area contributed by atoms with Crippen molar-refractivity contribution >= 4 is 23.1 Å². The molecule has 1 amide bonds. The molecular weight excluding hydrogens is 520 g/mol. The lowest BCUT2D eigenvalue weighted by Gasteiger charge is -2.38. The molecular formula is C31H32N6O2S. The van der Waals surface area contributed by atoms with Crippen molar-refractivity contribution in [3.05, 3.63) is 101 Å². The van der Waals surface area contributed by atoms with Crippen LogP contribution in [0.15, 0.2) is 88.8 Å². The zero-order valence-corrected chi connectivity index (χ0v) is 23.5. The third-order valence-electron chi connectivity index (χ3n) is 7.59. The molecule has 3 heterocycles. The van der Waals surface area contributed by atoms with Gasteiger partial charge in [-0.05, 0) is 67.9 Å². The molecule has 1 fully saturated rings. The largest absolute Gasteiger partial charge is 0.421 e. The number of amides is 1. The van der Waals surface area contributed by atoms with E-state index in [-0.39, 0.29) is 11.9 Å². The molecule has 0 radical (unpaired) electrons. The summed E-state index contributed by atoms with van der Waals surface area (Å²) in [4.78, 5) is 18.9. The van der Waals surface area contributed by atoms with Crippen molar-refractivity contribution in [2.45, 2.75) is 51.2 Å². The Balaban J connectivity index is 1.22. The Morgan fingerprint density at radius 3 is 2.50 bits per heavy atom. The number of carbonyl (C=O) groups excluding carboxylic acids is 1. The Morgan fingerprint density at radius 1 is 0.975 bits per heavy atom. The van der Waals surface area contributed by atoms with Crippen molar-refractivity contribution in [1.82, 2.24) is 24.9 Å². The van der Waals surface area contributed by atoms with E-state index in [1.807, 2.05) is 58.9 Å². The summed E-state index contributed by atoms with van der Waals surface area (Å²) in [6, 6.07) is 24.7. The fourth-order valence-electron chi connectivity index (χ4n) is 5.51. The highest BCUT2D eigenvalue weighted by atomic mass is 32.1. The van der Waals surface area contributed by atoms with E-state index in [4.69, 9.17) is 9.52 Å². The molecule has 0 bridgehead atoms. The quantitative estimate of drug-likeness (QED) is 0.222. The number of aryl methyl sites for hydroxylation is 1. The van der Waals surface area contributed by atoms with E-state index in [1.165, 1.54) is 16.9 Å². The van der Waals surface area contributed by atoms with Gasteiger partial charge < -0.3 is 4.42 Å². The third-order valence-corrected chi connectivity index (χ3v) is 8.44. The number of hydrogen-bond donors (Lipinski definition) is 0. The molecule has 0 atom stereocenters. The van der Waals surface area contributed by atoms with Crippen molar-refractivity contribution < 1.29 is 9.21 Å². The van der Waals surface area contributed by atoms with Gasteiger partial charge in [-0.15, -0.1) is 26.6 Å². The van der Waals surface area contributed by atoms with Gasteiger partial charge in [0.15, 0.2) is 5.82 Å². The maximum absolute atomic E-state index is 13.8. The van der Waals surface area contributed by atoms with Gasteiger partial charge in [0.25, 0.3) is 5.91 Å². The van der Waals surface area contributed by atoms with Gasteiger partial charge in [0, 0.05) is 43.4 Å². The van der Waals surface area contributed by atoms with Crippen molar-refractivity contribution in [2.24, 2.45) is 0 Å². The molecule has 0 spiro atoms. The molecule has 2 aromatic carbocycles. The summed E-state index contributed by atoms with van der Waals surface area (Å²) in [6.45, 7) is 2.70. The minimum Gasteiger partial charge on any atom is -0.421 e. The second-order valence-corrected chi connectivity index (χ2v) is 11.3. The van der Waals surface area contributed by atoms with Crippen LogP contribution >= 0.6 is 11.3 Å². The highest BCUT2D eigenvalue weighted by molar-refractivity contribution is 7.12. The van der Waals surface area contributed by atoms with Crippen LogP contribution in [0.25, 0.3) is 17.1 Å². The lowest BCUT2D eigenvalue weighted by Crippen LogP contribution is -2.45. The van der Waals surface area contributed by atoms with Crippen LogP contribution < -0.4 is 4.90 Å². The fourth-order valence-corrected chi connectivity index (χ4v) is 6.17. The molecule has 0 N–H and O–H groups in total. The second-order valence-electron chi connectivity index (χ2n) is 10.3. The van der Waals surface area contributed by atoms with Gasteiger partial charge in [-0.1, -0.05) is 42.5 Å². The van der Waals surface area contributed by atoms with Gasteiger partial charge in [-0.2, -0.15) is 0 Å². The molecule has 8 nitrogen and oxygen atoms in total. The van der Waals surface area contributed by atoms with E-state index in [0.717, 1.165) is 48.4 Å². The van der Waals surface area contributed by atoms with Crippen LogP contribution in [-0.4, -0.2) is 49.9 Å². The first-order valence-corrected chi connectivity index (χ1v) is 14.5. The van der Waals surface area contributed by atoms with Crippen LogP contribution in [0.5, 0.6) is 0 Å². The van der Waals surface area contributed by atoms with E-state index >= 15 is 0 Å². The first-order valence-electron chi connectivity index (χ1n) is 13.6. The topological polar surface area (TPSA) is 80.3 Å². The number of rotatable bonds is 8. The van der Waals surface area contributed by atoms with Gasteiger partial charge in [-0.3, -0.25) is 14.6 Å². The number of carbonyl (C=O) groups is 1. The lowest BCUT2D eigenvalue weighted by atomic mass is 9.89. The summed E-state index contributed by atoms with van der Waals surface area (Å²) in [6.07, 6.45) is 5.84. The number of benzene rings is 2. The molecule has 9 heteroatoms. The molecule has 204 valence electrons. The van der Waals surface area contributed by atoms with Crippen molar-refractivity contribution in [3.8, 4) is 17.1 Å². The Morgan fingerprint density at radius 2 is 1.77 bits per heavy atom. The van der Waals surface area contributed by atoms with Crippen LogP contribution in [0.3, 0.4) is 0 Å².